The van der Waals surface area contributed by atoms with Crippen LogP contribution in [0.15, 0.2) is 54.6 Å². The lowest BCUT2D eigenvalue weighted by atomic mass is 9.97. The van der Waals surface area contributed by atoms with Crippen LogP contribution in [0, 0.1) is 5.92 Å². The van der Waals surface area contributed by atoms with Gasteiger partial charge in [-0.25, -0.2) is 0 Å². The first-order valence-electron chi connectivity index (χ1n) is 8.77. The quantitative estimate of drug-likeness (QED) is 0.933. The molecule has 2 aromatic carbocycles. The third-order valence-electron chi connectivity index (χ3n) is 4.70. The second-order valence-electron chi connectivity index (χ2n) is 6.84. The fourth-order valence-electron chi connectivity index (χ4n) is 3.21. The van der Waals surface area contributed by atoms with E-state index in [9.17, 15) is 9.59 Å². The van der Waals surface area contributed by atoms with E-state index in [1.54, 1.807) is 12.1 Å². The summed E-state index contributed by atoms with van der Waals surface area (Å²) in [5.74, 6) is -0.184. The zero-order valence-electron chi connectivity index (χ0n) is 14.7. The number of amides is 2. The standard InChI is InChI=1S/C21H24N2O2/c1-15(2)19(22-20(24)17-9-4-3-5-10-17)21(25)23-13-12-16-8-6-7-11-18(16)14-23/h3-11,15,19H,12-14H2,1-2H3,(H,22,24)/t19-/m0/s1. The molecule has 130 valence electrons. The fourth-order valence-corrected chi connectivity index (χ4v) is 3.21. The molecule has 0 saturated carbocycles. The first-order valence-corrected chi connectivity index (χ1v) is 8.77. The number of benzene rings is 2. The van der Waals surface area contributed by atoms with Crippen LogP contribution in [0.1, 0.15) is 35.3 Å². The van der Waals surface area contributed by atoms with Gasteiger partial charge < -0.3 is 10.2 Å². The van der Waals surface area contributed by atoms with Crippen molar-refractivity contribution >= 4 is 11.8 Å². The monoisotopic (exact) mass is 336 g/mol. The molecule has 0 bridgehead atoms. The SMILES string of the molecule is CC(C)[C@H](NC(=O)c1ccccc1)C(=O)N1CCc2ccccc2C1. The summed E-state index contributed by atoms with van der Waals surface area (Å²) in [4.78, 5) is 27.4. The molecule has 1 aliphatic rings. The largest absolute Gasteiger partial charge is 0.340 e. The smallest absolute Gasteiger partial charge is 0.251 e. The van der Waals surface area contributed by atoms with Crippen LogP contribution in [0.3, 0.4) is 0 Å². The van der Waals surface area contributed by atoms with Crippen molar-refractivity contribution < 1.29 is 9.59 Å². The molecule has 0 spiro atoms. The molecule has 25 heavy (non-hydrogen) atoms. The number of hydrogen-bond donors (Lipinski definition) is 1. The van der Waals surface area contributed by atoms with Gasteiger partial charge in [0.2, 0.25) is 5.91 Å². The molecule has 0 radical (unpaired) electrons. The third kappa shape index (κ3) is 3.90. The highest BCUT2D eigenvalue weighted by Gasteiger charge is 2.30. The van der Waals surface area contributed by atoms with E-state index in [1.807, 2.05) is 49.1 Å². The Morgan fingerprint density at radius 3 is 2.28 bits per heavy atom. The summed E-state index contributed by atoms with van der Waals surface area (Å²) in [5.41, 5.74) is 3.07. The van der Waals surface area contributed by atoms with Gasteiger partial charge in [0.15, 0.2) is 0 Å². The molecule has 3 rings (SSSR count). The van der Waals surface area contributed by atoms with Crippen LogP contribution in [0.25, 0.3) is 0 Å². The van der Waals surface area contributed by atoms with Gasteiger partial charge in [0.1, 0.15) is 6.04 Å². The summed E-state index contributed by atoms with van der Waals surface area (Å²) in [6.07, 6.45) is 0.860. The fraction of sp³-hybridized carbons (Fsp3) is 0.333. The van der Waals surface area contributed by atoms with Gasteiger partial charge in [0, 0.05) is 18.7 Å². The molecule has 1 N–H and O–H groups in total. The molecule has 4 heteroatoms. The van der Waals surface area contributed by atoms with Crippen LogP contribution >= 0.6 is 0 Å². The Balaban J connectivity index is 1.73. The van der Waals surface area contributed by atoms with Crippen molar-refractivity contribution in [1.29, 1.82) is 0 Å². The van der Waals surface area contributed by atoms with Crippen molar-refractivity contribution in [2.24, 2.45) is 5.92 Å². The average Bonchev–Trinajstić information content (AvgIpc) is 2.65. The molecular weight excluding hydrogens is 312 g/mol. The van der Waals surface area contributed by atoms with Gasteiger partial charge in [-0.1, -0.05) is 56.3 Å². The summed E-state index contributed by atoms with van der Waals surface area (Å²) in [5, 5.41) is 2.92. The van der Waals surface area contributed by atoms with Crippen LogP contribution in [-0.4, -0.2) is 29.3 Å². The Hall–Kier alpha value is -2.62. The maximum atomic E-state index is 13.0. The molecule has 1 aliphatic heterocycles. The van der Waals surface area contributed by atoms with Gasteiger partial charge in [-0.15, -0.1) is 0 Å². The summed E-state index contributed by atoms with van der Waals surface area (Å²) >= 11 is 0. The highest BCUT2D eigenvalue weighted by Crippen LogP contribution is 2.20. The lowest BCUT2D eigenvalue weighted by molar-refractivity contribution is -0.135. The predicted molar refractivity (Wildman–Crippen MR) is 98.1 cm³/mol. The van der Waals surface area contributed by atoms with Gasteiger partial charge >= 0.3 is 0 Å². The van der Waals surface area contributed by atoms with Crippen molar-refractivity contribution in [2.75, 3.05) is 6.54 Å². The Bertz CT molecular complexity index is 756. The topological polar surface area (TPSA) is 49.4 Å². The molecule has 0 aromatic heterocycles. The first-order chi connectivity index (χ1) is 12.1. The van der Waals surface area contributed by atoms with E-state index in [-0.39, 0.29) is 17.7 Å². The highest BCUT2D eigenvalue weighted by atomic mass is 16.2. The van der Waals surface area contributed by atoms with Crippen molar-refractivity contribution in [3.8, 4) is 0 Å². The predicted octanol–water partition coefficient (Wildman–Crippen LogP) is 3.03. The van der Waals surface area contributed by atoms with Gasteiger partial charge in [-0.3, -0.25) is 9.59 Å². The number of carbonyl (C=O) groups excluding carboxylic acids is 2. The minimum Gasteiger partial charge on any atom is -0.340 e. The number of rotatable bonds is 4. The number of nitrogens with zero attached hydrogens (tertiary/aromatic N) is 1. The molecule has 1 atom stereocenters. The Labute approximate surface area is 148 Å². The van der Waals surface area contributed by atoms with Gasteiger partial charge in [-0.05, 0) is 35.6 Å². The van der Waals surface area contributed by atoms with E-state index in [0.29, 0.717) is 18.7 Å². The van der Waals surface area contributed by atoms with Crippen LogP contribution in [0.2, 0.25) is 0 Å². The normalized spacial score (nSPS) is 14.8. The lowest BCUT2D eigenvalue weighted by Crippen LogP contribution is -2.52. The lowest BCUT2D eigenvalue weighted by Gasteiger charge is -2.33. The number of hydrogen-bond acceptors (Lipinski definition) is 2. The second-order valence-corrected chi connectivity index (χ2v) is 6.84. The molecule has 0 aliphatic carbocycles. The van der Waals surface area contributed by atoms with Crippen LogP contribution in [0.4, 0.5) is 0 Å². The minimum absolute atomic E-state index is 0.00576. The molecule has 1 heterocycles. The molecule has 0 unspecified atom stereocenters. The summed E-state index contributed by atoms with van der Waals surface area (Å²) in [6, 6.07) is 16.7. The maximum Gasteiger partial charge on any atom is 0.251 e. The van der Waals surface area contributed by atoms with Crippen LogP contribution in [-0.2, 0) is 17.8 Å². The van der Waals surface area contributed by atoms with E-state index < -0.39 is 6.04 Å². The van der Waals surface area contributed by atoms with E-state index in [2.05, 4.69) is 17.4 Å². The van der Waals surface area contributed by atoms with Crippen LogP contribution in [0.5, 0.6) is 0 Å². The Morgan fingerprint density at radius 1 is 0.960 bits per heavy atom. The van der Waals surface area contributed by atoms with Crippen molar-refractivity contribution in [3.63, 3.8) is 0 Å². The van der Waals surface area contributed by atoms with Crippen molar-refractivity contribution in [3.05, 3.63) is 71.3 Å². The average molecular weight is 336 g/mol. The molecule has 2 aromatic rings. The number of nitrogens with one attached hydrogen (secondary N) is 1. The van der Waals surface area contributed by atoms with Crippen molar-refractivity contribution in [2.45, 2.75) is 32.9 Å². The van der Waals surface area contributed by atoms with E-state index in [1.165, 1.54) is 11.1 Å². The summed E-state index contributed by atoms with van der Waals surface area (Å²) < 4.78 is 0. The van der Waals surface area contributed by atoms with Gasteiger partial charge in [0.05, 0.1) is 0 Å². The van der Waals surface area contributed by atoms with E-state index in [0.717, 1.165) is 6.42 Å². The molecule has 0 fully saturated rings. The van der Waals surface area contributed by atoms with E-state index in [4.69, 9.17) is 0 Å². The maximum absolute atomic E-state index is 13.0. The number of carbonyl (C=O) groups is 2. The van der Waals surface area contributed by atoms with Crippen LogP contribution < -0.4 is 5.32 Å². The molecule has 4 nitrogen and oxygen atoms in total. The second kappa shape index (κ2) is 7.51. The molecule has 2 amide bonds. The highest BCUT2D eigenvalue weighted by molar-refractivity contribution is 5.97. The van der Waals surface area contributed by atoms with Gasteiger partial charge in [-0.2, -0.15) is 0 Å². The Kier molecular flexibility index (Phi) is 5.17. The minimum atomic E-state index is -0.516. The number of fused-ring (bicyclic) bond motifs is 1. The van der Waals surface area contributed by atoms with Crippen molar-refractivity contribution in [1.82, 2.24) is 10.2 Å². The van der Waals surface area contributed by atoms with E-state index >= 15 is 0 Å². The first kappa shape index (κ1) is 17.2. The zero-order chi connectivity index (χ0) is 17.8. The summed E-state index contributed by atoms with van der Waals surface area (Å²) in [6.45, 7) is 5.23. The molecular formula is C21H24N2O2. The summed E-state index contributed by atoms with van der Waals surface area (Å²) in [7, 11) is 0. The zero-order valence-corrected chi connectivity index (χ0v) is 14.7. The third-order valence-corrected chi connectivity index (χ3v) is 4.70. The molecule has 0 saturated heterocycles. The Morgan fingerprint density at radius 2 is 1.60 bits per heavy atom. The van der Waals surface area contributed by atoms with Gasteiger partial charge in [0.25, 0.3) is 5.91 Å².